The minimum absolute atomic E-state index is 0.0499. The number of carboxylic acids is 1. The minimum atomic E-state index is -1.04. The van der Waals surface area contributed by atoms with E-state index in [1.807, 2.05) is 30.3 Å². The van der Waals surface area contributed by atoms with Crippen molar-refractivity contribution in [2.45, 2.75) is 51.6 Å². The van der Waals surface area contributed by atoms with Crippen LogP contribution >= 0.6 is 0 Å². The molecule has 2 aliphatic heterocycles. The molecule has 10 heteroatoms. The van der Waals surface area contributed by atoms with Crippen LogP contribution in [0.15, 0.2) is 30.3 Å². The molecule has 0 aromatic heterocycles. The molecular weight excluding hydrogens is 464 g/mol. The van der Waals surface area contributed by atoms with Crippen molar-refractivity contribution in [1.82, 2.24) is 20.7 Å². The summed E-state index contributed by atoms with van der Waals surface area (Å²) in [6.07, 6.45) is 4.49. The molecule has 36 heavy (non-hydrogen) atoms. The lowest BCUT2D eigenvalue weighted by Gasteiger charge is -2.35. The van der Waals surface area contributed by atoms with Gasteiger partial charge in [-0.05, 0) is 56.7 Å². The van der Waals surface area contributed by atoms with E-state index in [1.54, 1.807) is 4.90 Å². The molecule has 10 nitrogen and oxygen atoms in total. The number of hydrogen-bond acceptors (Lipinski definition) is 7. The Kier molecular flexibility index (Phi) is 11.3. The second-order valence-corrected chi connectivity index (χ2v) is 9.51. The number of hydrazine groups is 1. The zero-order valence-corrected chi connectivity index (χ0v) is 20.8. The summed E-state index contributed by atoms with van der Waals surface area (Å²) in [5.41, 5.74) is 3.57. The molecule has 0 aliphatic carbocycles. The Morgan fingerprint density at radius 1 is 1.08 bits per heavy atom. The topological polar surface area (TPSA) is 128 Å². The molecule has 1 aromatic rings. The molecule has 198 valence electrons. The van der Waals surface area contributed by atoms with Crippen LogP contribution in [-0.4, -0.2) is 78.0 Å². The highest BCUT2D eigenvalue weighted by atomic mass is 16.5. The molecule has 3 N–H and O–H groups in total. The van der Waals surface area contributed by atoms with Gasteiger partial charge in [0.05, 0.1) is 18.9 Å². The highest BCUT2D eigenvalue weighted by Gasteiger charge is 2.34. The maximum atomic E-state index is 13.3. The molecule has 2 heterocycles. The number of rotatable bonds is 12. The second kappa shape index (κ2) is 14.7. The van der Waals surface area contributed by atoms with Gasteiger partial charge >= 0.3 is 5.97 Å². The lowest BCUT2D eigenvalue weighted by atomic mass is 9.92. The summed E-state index contributed by atoms with van der Waals surface area (Å²) in [5, 5.41) is 13.2. The average Bonchev–Trinajstić information content (AvgIpc) is 2.90. The summed E-state index contributed by atoms with van der Waals surface area (Å²) in [6.45, 7) is 2.67. The van der Waals surface area contributed by atoms with Crippen molar-refractivity contribution >= 4 is 23.7 Å². The summed E-state index contributed by atoms with van der Waals surface area (Å²) < 4.78 is 5.51. The SMILES string of the molecule is O=C(O)CCNN(C(=O)COCc1ccccc1)C(=O)[C@@H]1CCCN(C(=O)CCC2CCNCC2)C1. The zero-order chi connectivity index (χ0) is 25.8. The third kappa shape index (κ3) is 9.00. The van der Waals surface area contributed by atoms with E-state index in [4.69, 9.17) is 9.84 Å². The molecule has 3 rings (SSSR count). The largest absolute Gasteiger partial charge is 0.481 e. The number of piperidine rings is 2. The number of amides is 3. The molecule has 0 unspecified atom stereocenters. The standard InChI is InChI=1S/C26H38N4O6/c31-23(9-8-20-10-13-27-14-11-20)29-16-4-7-22(17-29)26(35)30(28-15-12-25(33)34)24(32)19-36-18-21-5-2-1-3-6-21/h1-3,5-6,20,22,27-28H,4,7-19H2,(H,33,34)/t22-/m1/s1. The van der Waals surface area contributed by atoms with E-state index in [0.29, 0.717) is 31.7 Å². The number of carbonyl (C=O) groups excluding carboxylic acids is 3. The highest BCUT2D eigenvalue weighted by Crippen LogP contribution is 2.22. The number of hydrogen-bond donors (Lipinski definition) is 3. The van der Waals surface area contributed by atoms with Gasteiger partial charge in [0, 0.05) is 26.1 Å². The summed E-state index contributed by atoms with van der Waals surface area (Å²) >= 11 is 0. The van der Waals surface area contributed by atoms with Crippen LogP contribution in [0.2, 0.25) is 0 Å². The van der Waals surface area contributed by atoms with Crippen LogP contribution in [0.5, 0.6) is 0 Å². The Labute approximate surface area is 212 Å². The van der Waals surface area contributed by atoms with Gasteiger partial charge < -0.3 is 20.1 Å². The second-order valence-electron chi connectivity index (χ2n) is 9.51. The van der Waals surface area contributed by atoms with E-state index >= 15 is 0 Å². The highest BCUT2D eigenvalue weighted by molar-refractivity contribution is 5.96. The van der Waals surface area contributed by atoms with Crippen molar-refractivity contribution in [3.8, 4) is 0 Å². The first kappa shape index (κ1) is 27.8. The van der Waals surface area contributed by atoms with Crippen LogP contribution in [0.3, 0.4) is 0 Å². The number of aliphatic carboxylic acids is 1. The molecule has 1 atom stereocenters. The summed E-state index contributed by atoms with van der Waals surface area (Å²) in [5.74, 6) is -2.00. The first-order valence-corrected chi connectivity index (χ1v) is 12.9. The molecule has 1 aromatic carbocycles. The Balaban J connectivity index is 1.54. The normalized spacial score (nSPS) is 18.6. The zero-order valence-electron chi connectivity index (χ0n) is 20.8. The number of ether oxygens (including phenoxy) is 1. The number of carboxylic acid groups (broad SMARTS) is 1. The fraction of sp³-hybridized carbons (Fsp3) is 0.615. The molecule has 2 fully saturated rings. The van der Waals surface area contributed by atoms with Crippen LogP contribution in [0.1, 0.15) is 50.5 Å². The van der Waals surface area contributed by atoms with Gasteiger partial charge in [0.2, 0.25) is 11.8 Å². The van der Waals surface area contributed by atoms with Gasteiger partial charge in [-0.15, -0.1) is 0 Å². The molecule has 0 bridgehead atoms. The van der Waals surface area contributed by atoms with E-state index in [1.165, 1.54) is 0 Å². The third-order valence-corrected chi connectivity index (χ3v) is 6.76. The smallest absolute Gasteiger partial charge is 0.304 e. The van der Waals surface area contributed by atoms with E-state index in [-0.39, 0.29) is 38.6 Å². The molecular formula is C26H38N4O6. The van der Waals surface area contributed by atoms with Gasteiger partial charge in [-0.25, -0.2) is 10.4 Å². The predicted molar refractivity (Wildman–Crippen MR) is 132 cm³/mol. The number of benzene rings is 1. The van der Waals surface area contributed by atoms with Gasteiger partial charge in [0.15, 0.2) is 0 Å². The maximum Gasteiger partial charge on any atom is 0.304 e. The van der Waals surface area contributed by atoms with Gasteiger partial charge in [-0.3, -0.25) is 19.2 Å². The van der Waals surface area contributed by atoms with Crippen molar-refractivity contribution in [3.63, 3.8) is 0 Å². The molecule has 0 spiro atoms. The van der Waals surface area contributed by atoms with Crippen molar-refractivity contribution in [2.24, 2.45) is 11.8 Å². The Bertz CT molecular complexity index is 874. The monoisotopic (exact) mass is 502 g/mol. The fourth-order valence-electron chi connectivity index (χ4n) is 4.70. The van der Waals surface area contributed by atoms with Crippen molar-refractivity contribution in [2.75, 3.05) is 39.3 Å². The Hall–Kier alpha value is -2.82. The minimum Gasteiger partial charge on any atom is -0.481 e. The number of carbonyl (C=O) groups is 4. The average molecular weight is 503 g/mol. The van der Waals surface area contributed by atoms with Crippen LogP contribution in [0.4, 0.5) is 0 Å². The van der Waals surface area contributed by atoms with Crippen molar-refractivity contribution in [1.29, 1.82) is 0 Å². The number of likely N-dealkylation sites (tertiary alicyclic amines) is 1. The first-order valence-electron chi connectivity index (χ1n) is 12.9. The quantitative estimate of drug-likeness (QED) is 0.368. The Morgan fingerprint density at radius 3 is 2.56 bits per heavy atom. The maximum absolute atomic E-state index is 13.3. The summed E-state index contributed by atoms with van der Waals surface area (Å²) in [4.78, 5) is 51.7. The van der Waals surface area contributed by atoms with E-state index in [9.17, 15) is 19.2 Å². The molecule has 3 amide bonds. The van der Waals surface area contributed by atoms with Gasteiger partial charge in [0.1, 0.15) is 6.61 Å². The van der Waals surface area contributed by atoms with E-state index < -0.39 is 23.7 Å². The third-order valence-electron chi connectivity index (χ3n) is 6.76. The number of imide groups is 1. The molecule has 0 saturated carbocycles. The van der Waals surface area contributed by atoms with Crippen molar-refractivity contribution < 1.29 is 29.0 Å². The van der Waals surface area contributed by atoms with Gasteiger partial charge in [-0.2, -0.15) is 0 Å². The van der Waals surface area contributed by atoms with Crippen LogP contribution in [0, 0.1) is 11.8 Å². The lowest BCUT2D eigenvalue weighted by molar-refractivity contribution is -0.156. The van der Waals surface area contributed by atoms with Gasteiger partial charge in [0.25, 0.3) is 5.91 Å². The lowest BCUT2D eigenvalue weighted by Crippen LogP contribution is -2.54. The first-order chi connectivity index (χ1) is 17.4. The van der Waals surface area contributed by atoms with Crippen LogP contribution < -0.4 is 10.7 Å². The van der Waals surface area contributed by atoms with Crippen molar-refractivity contribution in [3.05, 3.63) is 35.9 Å². The van der Waals surface area contributed by atoms with Gasteiger partial charge in [-0.1, -0.05) is 30.3 Å². The molecule has 0 radical (unpaired) electrons. The fourth-order valence-corrected chi connectivity index (χ4v) is 4.70. The van der Waals surface area contributed by atoms with E-state index in [2.05, 4.69) is 10.7 Å². The summed E-state index contributed by atoms with van der Waals surface area (Å²) in [6, 6.07) is 9.36. The predicted octanol–water partition coefficient (Wildman–Crippen LogP) is 1.56. The van der Waals surface area contributed by atoms with E-state index in [0.717, 1.165) is 42.9 Å². The summed E-state index contributed by atoms with van der Waals surface area (Å²) in [7, 11) is 0. The molecule has 2 saturated heterocycles. The molecule has 2 aliphatic rings. The number of nitrogens with one attached hydrogen (secondary N) is 2. The number of nitrogens with zero attached hydrogens (tertiary/aromatic N) is 2. The van der Waals surface area contributed by atoms with Crippen LogP contribution in [0.25, 0.3) is 0 Å². The van der Waals surface area contributed by atoms with Crippen LogP contribution in [-0.2, 0) is 30.5 Å². The Morgan fingerprint density at radius 2 is 1.83 bits per heavy atom.